The van der Waals surface area contributed by atoms with E-state index in [9.17, 15) is 10.2 Å². The molecule has 0 spiro atoms. The molecule has 2 aliphatic rings. The van der Waals surface area contributed by atoms with Gasteiger partial charge in [-0.1, -0.05) is 0 Å². The quantitative estimate of drug-likeness (QED) is 0.874. The molecule has 1 aromatic rings. The highest BCUT2D eigenvalue weighted by Crippen LogP contribution is 2.36. The van der Waals surface area contributed by atoms with Gasteiger partial charge in [0, 0.05) is 18.5 Å². The topological polar surface area (TPSA) is 83.6 Å². The number of benzene rings is 1. The van der Waals surface area contributed by atoms with E-state index < -0.39 is 0 Å². The van der Waals surface area contributed by atoms with Crippen molar-refractivity contribution in [3.8, 4) is 11.5 Å². The molecule has 2 heterocycles. The van der Waals surface area contributed by atoms with Crippen molar-refractivity contribution in [1.29, 1.82) is 0 Å². The van der Waals surface area contributed by atoms with Crippen molar-refractivity contribution >= 4 is 23.9 Å². The third-order valence-electron chi connectivity index (χ3n) is 3.26. The standard InChI is InChI=1S/C16H16N2O4/c19-13-10-14(20)12(16-2-4-18-6-8-22-16)9-11(13)15-1-3-17-5-7-21-15/h1-4,9-10,19-20H,5-8H2. The molecule has 0 aromatic heterocycles. The van der Waals surface area contributed by atoms with Crippen LogP contribution in [-0.2, 0) is 9.47 Å². The molecule has 0 aliphatic carbocycles. The first-order chi connectivity index (χ1) is 10.8. The Morgan fingerprint density at radius 3 is 1.77 bits per heavy atom. The Hall–Kier alpha value is -2.76. The van der Waals surface area contributed by atoms with Crippen LogP contribution in [0.25, 0.3) is 11.5 Å². The Balaban J connectivity index is 2.03. The summed E-state index contributed by atoms with van der Waals surface area (Å²) in [7, 11) is 0. The minimum absolute atomic E-state index is 0.0642. The van der Waals surface area contributed by atoms with Gasteiger partial charge >= 0.3 is 0 Å². The fourth-order valence-corrected chi connectivity index (χ4v) is 2.21. The minimum Gasteiger partial charge on any atom is -0.507 e. The van der Waals surface area contributed by atoms with Crippen LogP contribution in [0.3, 0.4) is 0 Å². The number of aliphatic imine (C=N–C) groups is 2. The van der Waals surface area contributed by atoms with E-state index >= 15 is 0 Å². The first-order valence-corrected chi connectivity index (χ1v) is 6.98. The first kappa shape index (κ1) is 14.2. The van der Waals surface area contributed by atoms with Gasteiger partial charge in [-0.15, -0.1) is 0 Å². The van der Waals surface area contributed by atoms with Crippen molar-refractivity contribution in [2.24, 2.45) is 9.98 Å². The second-order valence-electron chi connectivity index (χ2n) is 4.76. The number of ether oxygens (including phenoxy) is 2. The molecule has 0 unspecified atom stereocenters. The smallest absolute Gasteiger partial charge is 0.131 e. The van der Waals surface area contributed by atoms with E-state index in [0.717, 1.165) is 0 Å². The maximum absolute atomic E-state index is 10.1. The Morgan fingerprint density at radius 2 is 1.27 bits per heavy atom. The number of nitrogens with zero attached hydrogens (tertiary/aromatic N) is 2. The minimum atomic E-state index is -0.0642. The van der Waals surface area contributed by atoms with Gasteiger partial charge in [0.15, 0.2) is 0 Å². The number of hydrogen-bond acceptors (Lipinski definition) is 6. The van der Waals surface area contributed by atoms with Crippen molar-refractivity contribution in [2.75, 3.05) is 26.3 Å². The van der Waals surface area contributed by atoms with E-state index in [1.54, 1.807) is 30.6 Å². The number of hydrogen-bond donors (Lipinski definition) is 2. The van der Waals surface area contributed by atoms with E-state index in [1.165, 1.54) is 6.07 Å². The highest BCUT2D eigenvalue weighted by molar-refractivity contribution is 5.87. The molecule has 2 N–H and O–H groups in total. The van der Waals surface area contributed by atoms with Crippen LogP contribution >= 0.6 is 0 Å². The van der Waals surface area contributed by atoms with Gasteiger partial charge in [0.05, 0.1) is 24.2 Å². The zero-order chi connectivity index (χ0) is 15.4. The van der Waals surface area contributed by atoms with Crippen LogP contribution in [0.5, 0.6) is 11.5 Å². The average Bonchev–Trinajstić information content (AvgIpc) is 2.92. The summed E-state index contributed by atoms with van der Waals surface area (Å²) >= 11 is 0. The van der Waals surface area contributed by atoms with Gasteiger partial charge in [-0.25, -0.2) is 0 Å². The molecule has 0 saturated carbocycles. The lowest BCUT2D eigenvalue weighted by atomic mass is 10.0. The van der Waals surface area contributed by atoms with Crippen LogP contribution < -0.4 is 0 Å². The van der Waals surface area contributed by atoms with E-state index in [4.69, 9.17) is 9.47 Å². The Labute approximate surface area is 127 Å². The molecule has 0 bridgehead atoms. The average molecular weight is 300 g/mol. The van der Waals surface area contributed by atoms with Gasteiger partial charge in [-0.2, -0.15) is 0 Å². The maximum atomic E-state index is 10.1. The monoisotopic (exact) mass is 300 g/mol. The highest BCUT2D eigenvalue weighted by atomic mass is 16.5. The van der Waals surface area contributed by atoms with E-state index in [0.29, 0.717) is 48.9 Å². The molecule has 0 saturated heterocycles. The third kappa shape index (κ3) is 2.95. The summed E-state index contributed by atoms with van der Waals surface area (Å²) in [6.45, 7) is 2.00. The van der Waals surface area contributed by atoms with Crippen molar-refractivity contribution in [2.45, 2.75) is 0 Å². The van der Waals surface area contributed by atoms with Crippen LogP contribution in [0.4, 0.5) is 0 Å². The molecule has 0 atom stereocenters. The highest BCUT2D eigenvalue weighted by Gasteiger charge is 2.17. The molecular weight excluding hydrogens is 284 g/mol. The number of phenolic OH excluding ortho intramolecular Hbond substituents is 2. The van der Waals surface area contributed by atoms with Crippen LogP contribution in [-0.4, -0.2) is 48.9 Å². The van der Waals surface area contributed by atoms with Gasteiger partial charge in [-0.05, 0) is 18.2 Å². The fraction of sp³-hybridized carbons (Fsp3) is 0.250. The SMILES string of the molecule is Oc1cc(O)c(C2=CC=NCCO2)cc1C1=CC=NCCO1. The first-order valence-electron chi connectivity index (χ1n) is 6.98. The molecule has 6 heteroatoms. The lowest BCUT2D eigenvalue weighted by Gasteiger charge is -2.14. The molecule has 2 aliphatic heterocycles. The van der Waals surface area contributed by atoms with Crippen LogP contribution in [0.15, 0.2) is 34.3 Å². The number of aromatic hydroxyl groups is 2. The molecular formula is C16H16N2O4. The number of rotatable bonds is 2. The Kier molecular flexibility index (Phi) is 4.09. The summed E-state index contributed by atoms with van der Waals surface area (Å²) in [4.78, 5) is 8.22. The van der Waals surface area contributed by atoms with Crippen molar-refractivity contribution in [1.82, 2.24) is 0 Å². The molecule has 6 nitrogen and oxygen atoms in total. The fourth-order valence-electron chi connectivity index (χ4n) is 2.21. The zero-order valence-corrected chi connectivity index (χ0v) is 11.9. The molecule has 0 amide bonds. The summed E-state index contributed by atoms with van der Waals surface area (Å²) in [6.07, 6.45) is 6.66. The normalized spacial score (nSPS) is 17.6. The maximum Gasteiger partial charge on any atom is 0.131 e. The lowest BCUT2D eigenvalue weighted by molar-refractivity contribution is 0.286. The van der Waals surface area contributed by atoms with Crippen molar-refractivity contribution < 1.29 is 19.7 Å². The second kappa shape index (κ2) is 6.34. The summed E-state index contributed by atoms with van der Waals surface area (Å²) < 4.78 is 11.2. The summed E-state index contributed by atoms with van der Waals surface area (Å²) in [5.74, 6) is 0.877. The van der Waals surface area contributed by atoms with Gasteiger partial charge < -0.3 is 19.7 Å². The zero-order valence-electron chi connectivity index (χ0n) is 11.9. The molecule has 0 radical (unpaired) electrons. The predicted octanol–water partition coefficient (Wildman–Crippen LogP) is 1.98. The van der Waals surface area contributed by atoms with Crippen LogP contribution in [0.1, 0.15) is 11.1 Å². The largest absolute Gasteiger partial charge is 0.507 e. The molecule has 0 fully saturated rings. The van der Waals surface area contributed by atoms with Crippen LogP contribution in [0.2, 0.25) is 0 Å². The number of allylic oxidation sites excluding steroid dienone is 2. The van der Waals surface area contributed by atoms with Gasteiger partial charge in [0.2, 0.25) is 0 Å². The Morgan fingerprint density at radius 1 is 0.773 bits per heavy atom. The molecule has 22 heavy (non-hydrogen) atoms. The van der Waals surface area contributed by atoms with E-state index in [2.05, 4.69) is 9.98 Å². The second-order valence-corrected chi connectivity index (χ2v) is 4.76. The van der Waals surface area contributed by atoms with E-state index in [-0.39, 0.29) is 11.5 Å². The number of phenols is 2. The molecule has 114 valence electrons. The molecule has 3 rings (SSSR count). The van der Waals surface area contributed by atoms with Gasteiger partial charge in [0.25, 0.3) is 0 Å². The predicted molar refractivity (Wildman–Crippen MR) is 84.3 cm³/mol. The van der Waals surface area contributed by atoms with Crippen molar-refractivity contribution in [3.05, 3.63) is 35.4 Å². The molecule has 1 aromatic carbocycles. The third-order valence-corrected chi connectivity index (χ3v) is 3.26. The van der Waals surface area contributed by atoms with Gasteiger partial charge in [-0.3, -0.25) is 9.98 Å². The van der Waals surface area contributed by atoms with Crippen molar-refractivity contribution in [3.63, 3.8) is 0 Å². The van der Waals surface area contributed by atoms with E-state index in [1.807, 2.05) is 0 Å². The summed E-state index contributed by atoms with van der Waals surface area (Å²) in [5, 5.41) is 20.2. The van der Waals surface area contributed by atoms with Crippen LogP contribution in [0, 0.1) is 0 Å². The summed E-state index contributed by atoms with van der Waals surface area (Å²) in [5.41, 5.74) is 0.957. The van der Waals surface area contributed by atoms with Gasteiger partial charge in [0.1, 0.15) is 36.2 Å². The Bertz CT molecular complexity index is 634. The summed E-state index contributed by atoms with van der Waals surface area (Å²) in [6, 6.07) is 2.92. The lowest BCUT2D eigenvalue weighted by Crippen LogP contribution is -1.99.